The van der Waals surface area contributed by atoms with Gasteiger partial charge in [0.1, 0.15) is 5.82 Å². The summed E-state index contributed by atoms with van der Waals surface area (Å²) in [6, 6.07) is 9.05. The van der Waals surface area contributed by atoms with Crippen LogP contribution in [0.1, 0.15) is 49.8 Å². The molecule has 5 heteroatoms. The maximum atomic E-state index is 13.2. The maximum Gasteiger partial charge on any atom is 0.237 e. The first-order valence-corrected chi connectivity index (χ1v) is 10.8. The lowest BCUT2D eigenvalue weighted by Crippen LogP contribution is -2.57. The first-order valence-electron chi connectivity index (χ1n) is 9.83. The van der Waals surface area contributed by atoms with Gasteiger partial charge in [0.05, 0.1) is 12.1 Å². The zero-order valence-electron chi connectivity index (χ0n) is 15.9. The van der Waals surface area contributed by atoms with Crippen molar-refractivity contribution in [3.05, 3.63) is 58.0 Å². The van der Waals surface area contributed by atoms with Gasteiger partial charge in [-0.2, -0.15) is 11.3 Å². The number of hydrogen-bond donors (Lipinski definition) is 1. The second-order valence-corrected chi connectivity index (χ2v) is 9.15. The molecule has 27 heavy (non-hydrogen) atoms. The van der Waals surface area contributed by atoms with E-state index in [4.69, 9.17) is 0 Å². The topological polar surface area (TPSA) is 32.3 Å². The van der Waals surface area contributed by atoms with Crippen molar-refractivity contribution < 1.29 is 9.18 Å². The molecule has 2 heterocycles. The van der Waals surface area contributed by atoms with Crippen molar-refractivity contribution in [2.45, 2.75) is 44.7 Å². The number of halogens is 1. The number of hydrogen-bond acceptors (Lipinski definition) is 3. The molecule has 1 N–H and O–H groups in total. The van der Waals surface area contributed by atoms with Gasteiger partial charge in [0.2, 0.25) is 5.91 Å². The molecule has 1 aliphatic heterocycles. The van der Waals surface area contributed by atoms with Crippen molar-refractivity contribution >= 4 is 17.2 Å². The Morgan fingerprint density at radius 3 is 2.67 bits per heavy atom. The average Bonchev–Trinajstić information content (AvgIpc) is 3.16. The molecule has 0 radical (unpaired) electrons. The molecule has 1 aromatic carbocycles. The molecule has 4 unspecified atom stereocenters. The summed E-state index contributed by atoms with van der Waals surface area (Å²) in [5.41, 5.74) is 2.42. The van der Waals surface area contributed by atoms with Gasteiger partial charge in [-0.3, -0.25) is 9.69 Å². The van der Waals surface area contributed by atoms with E-state index in [0.717, 1.165) is 25.9 Å². The van der Waals surface area contributed by atoms with Crippen molar-refractivity contribution in [3.63, 3.8) is 0 Å². The highest BCUT2D eigenvalue weighted by Gasteiger charge is 2.43. The second kappa shape index (κ2) is 7.72. The van der Waals surface area contributed by atoms with E-state index in [1.54, 1.807) is 23.5 Å². The number of carbonyl (C=O) groups excluding carboxylic acids is 1. The summed E-state index contributed by atoms with van der Waals surface area (Å²) >= 11 is 1.67. The van der Waals surface area contributed by atoms with E-state index < -0.39 is 0 Å². The fraction of sp³-hybridized carbons (Fsp3) is 0.500. The number of nitrogens with one attached hydrogen (secondary N) is 1. The summed E-state index contributed by atoms with van der Waals surface area (Å²) in [4.78, 5) is 15.2. The van der Waals surface area contributed by atoms with Crippen molar-refractivity contribution in [2.75, 3.05) is 13.1 Å². The largest absolute Gasteiger partial charge is 0.347 e. The van der Waals surface area contributed by atoms with Gasteiger partial charge in [0.25, 0.3) is 0 Å². The first kappa shape index (κ1) is 18.6. The van der Waals surface area contributed by atoms with Gasteiger partial charge in [-0.25, -0.2) is 4.39 Å². The Kier molecular flexibility index (Phi) is 5.33. The molecular weight excluding hydrogens is 359 g/mol. The average molecular weight is 387 g/mol. The third-order valence-electron chi connectivity index (χ3n) is 5.81. The summed E-state index contributed by atoms with van der Waals surface area (Å²) in [6.07, 6.45) is 2.01. The lowest BCUT2D eigenvalue weighted by molar-refractivity contribution is -0.131. The van der Waals surface area contributed by atoms with Gasteiger partial charge in [0, 0.05) is 13.1 Å². The monoisotopic (exact) mass is 386 g/mol. The fourth-order valence-electron chi connectivity index (χ4n) is 4.28. The van der Waals surface area contributed by atoms with E-state index in [1.807, 2.05) is 12.1 Å². The summed E-state index contributed by atoms with van der Waals surface area (Å²) in [6.45, 7) is 6.16. The molecule has 1 saturated heterocycles. The predicted molar refractivity (Wildman–Crippen MR) is 107 cm³/mol. The van der Waals surface area contributed by atoms with Gasteiger partial charge in [-0.05, 0) is 70.7 Å². The highest BCUT2D eigenvalue weighted by atomic mass is 32.1. The number of benzene rings is 1. The van der Waals surface area contributed by atoms with Gasteiger partial charge in [-0.1, -0.05) is 26.0 Å². The van der Waals surface area contributed by atoms with Crippen LogP contribution in [0.4, 0.5) is 4.39 Å². The van der Waals surface area contributed by atoms with Gasteiger partial charge >= 0.3 is 0 Å². The molecule has 4 rings (SSSR count). The van der Waals surface area contributed by atoms with E-state index in [1.165, 1.54) is 11.1 Å². The van der Waals surface area contributed by atoms with E-state index in [9.17, 15) is 9.18 Å². The summed E-state index contributed by atoms with van der Waals surface area (Å²) < 4.78 is 13.2. The van der Waals surface area contributed by atoms with Crippen LogP contribution in [0.2, 0.25) is 0 Å². The minimum atomic E-state index is -0.181. The van der Waals surface area contributed by atoms with Crippen LogP contribution in [0.3, 0.4) is 0 Å². The minimum absolute atomic E-state index is 0.0469. The molecule has 1 amide bonds. The van der Waals surface area contributed by atoms with E-state index in [-0.39, 0.29) is 23.8 Å². The predicted octanol–water partition coefficient (Wildman–Crippen LogP) is 4.58. The Bertz CT molecular complexity index is 774. The number of thiophene rings is 1. The molecule has 4 atom stereocenters. The number of amides is 1. The Morgan fingerprint density at radius 1 is 1.22 bits per heavy atom. The lowest BCUT2D eigenvalue weighted by atomic mass is 9.96. The molecule has 2 aromatic rings. The summed E-state index contributed by atoms with van der Waals surface area (Å²) in [7, 11) is 0. The SMILES string of the molecule is CC(C)CC1C(=O)NC(c2ccsc2)CN1CC1CC1c1ccc(F)cc1. The van der Waals surface area contributed by atoms with Crippen LogP contribution in [0.25, 0.3) is 0 Å². The van der Waals surface area contributed by atoms with Crippen LogP contribution in [0.15, 0.2) is 41.1 Å². The van der Waals surface area contributed by atoms with Crippen LogP contribution in [-0.4, -0.2) is 29.9 Å². The van der Waals surface area contributed by atoms with Crippen LogP contribution >= 0.6 is 11.3 Å². The highest BCUT2D eigenvalue weighted by Crippen LogP contribution is 2.48. The van der Waals surface area contributed by atoms with Gasteiger partial charge < -0.3 is 5.32 Å². The molecule has 0 spiro atoms. The van der Waals surface area contributed by atoms with Crippen LogP contribution in [0.5, 0.6) is 0 Å². The van der Waals surface area contributed by atoms with Crippen LogP contribution in [0, 0.1) is 17.7 Å². The minimum Gasteiger partial charge on any atom is -0.347 e. The molecule has 0 bridgehead atoms. The lowest BCUT2D eigenvalue weighted by Gasteiger charge is -2.40. The molecule has 2 fully saturated rings. The maximum absolute atomic E-state index is 13.2. The van der Waals surface area contributed by atoms with E-state index in [2.05, 4.69) is 40.9 Å². The number of nitrogens with zero attached hydrogens (tertiary/aromatic N) is 1. The van der Waals surface area contributed by atoms with Crippen molar-refractivity contribution in [2.24, 2.45) is 11.8 Å². The van der Waals surface area contributed by atoms with Gasteiger partial charge in [-0.15, -0.1) is 0 Å². The molecule has 1 aliphatic carbocycles. The Labute approximate surface area is 164 Å². The highest BCUT2D eigenvalue weighted by molar-refractivity contribution is 7.08. The zero-order chi connectivity index (χ0) is 19.0. The Morgan fingerprint density at radius 2 is 2.00 bits per heavy atom. The van der Waals surface area contributed by atoms with Gasteiger partial charge in [0.15, 0.2) is 0 Å². The number of piperazine rings is 1. The molecule has 144 valence electrons. The first-order chi connectivity index (χ1) is 13.0. The third kappa shape index (κ3) is 4.25. The quantitative estimate of drug-likeness (QED) is 0.788. The standard InChI is InChI=1S/C22H27FN2OS/c1-14(2)9-21-22(26)24-20(16-7-8-27-13-16)12-25(21)11-17-10-19(17)15-3-5-18(23)6-4-15/h3-8,13-14,17,19-21H,9-12H2,1-2H3,(H,24,26). The molecule has 3 nitrogen and oxygen atoms in total. The molecule has 1 saturated carbocycles. The Hall–Kier alpha value is -1.72. The smallest absolute Gasteiger partial charge is 0.237 e. The van der Waals surface area contributed by atoms with Crippen molar-refractivity contribution in [1.82, 2.24) is 10.2 Å². The molecule has 1 aromatic heterocycles. The zero-order valence-corrected chi connectivity index (χ0v) is 16.7. The van der Waals surface area contributed by atoms with Crippen molar-refractivity contribution in [3.8, 4) is 0 Å². The number of rotatable bonds is 6. The molecular formula is C22H27FN2OS. The normalized spacial score (nSPS) is 28.4. The Balaban J connectivity index is 1.46. The fourth-order valence-corrected chi connectivity index (χ4v) is 4.99. The van der Waals surface area contributed by atoms with E-state index in [0.29, 0.717) is 17.8 Å². The number of carbonyl (C=O) groups is 1. The summed E-state index contributed by atoms with van der Waals surface area (Å²) in [5.74, 6) is 1.51. The molecule has 2 aliphatic rings. The van der Waals surface area contributed by atoms with Crippen LogP contribution in [-0.2, 0) is 4.79 Å². The second-order valence-electron chi connectivity index (χ2n) is 8.37. The third-order valence-corrected chi connectivity index (χ3v) is 6.51. The van der Waals surface area contributed by atoms with Crippen LogP contribution < -0.4 is 5.32 Å². The van der Waals surface area contributed by atoms with Crippen molar-refractivity contribution in [1.29, 1.82) is 0 Å². The summed E-state index contributed by atoms with van der Waals surface area (Å²) in [5, 5.41) is 7.43. The van der Waals surface area contributed by atoms with E-state index >= 15 is 0 Å².